The number of rotatable bonds is 5. The van der Waals surface area contributed by atoms with Gasteiger partial charge in [-0.3, -0.25) is 4.79 Å². The molecule has 3 aromatic rings. The average molecular weight is 316 g/mol. The van der Waals surface area contributed by atoms with Crippen molar-refractivity contribution in [2.24, 2.45) is 7.05 Å². The number of carbonyl (C=O) groups excluding carboxylic acids is 1. The topological polar surface area (TPSA) is 38.5 Å². The zero-order chi connectivity index (χ0) is 15.7. The second-order valence-electron chi connectivity index (χ2n) is 5.97. The predicted molar refractivity (Wildman–Crippen MR) is 92.9 cm³/mol. The number of hydrogen-bond donors (Lipinski definition) is 2. The maximum Gasteiger partial charge on any atom is 0.261 e. The molecule has 5 heteroatoms. The SMILES string of the molecule is Cn1c2ccccc2c2cc(C(=O)NCCC[NH+](C)C)sc21. The van der Waals surface area contributed by atoms with E-state index >= 15 is 0 Å². The van der Waals surface area contributed by atoms with Gasteiger partial charge in [-0.25, -0.2) is 0 Å². The summed E-state index contributed by atoms with van der Waals surface area (Å²) in [6.45, 7) is 1.80. The van der Waals surface area contributed by atoms with Gasteiger partial charge in [-0.15, -0.1) is 11.3 Å². The lowest BCUT2D eigenvalue weighted by molar-refractivity contribution is -0.858. The van der Waals surface area contributed by atoms with Crippen LogP contribution in [0.25, 0.3) is 21.1 Å². The van der Waals surface area contributed by atoms with Crippen LogP contribution in [0.4, 0.5) is 0 Å². The highest BCUT2D eigenvalue weighted by molar-refractivity contribution is 7.20. The summed E-state index contributed by atoms with van der Waals surface area (Å²) in [6.07, 6.45) is 1.00. The van der Waals surface area contributed by atoms with Gasteiger partial charge in [0.25, 0.3) is 5.91 Å². The van der Waals surface area contributed by atoms with Crippen LogP contribution in [0.15, 0.2) is 30.3 Å². The van der Waals surface area contributed by atoms with Gasteiger partial charge in [-0.1, -0.05) is 18.2 Å². The highest BCUT2D eigenvalue weighted by Gasteiger charge is 2.15. The van der Waals surface area contributed by atoms with Crippen LogP contribution < -0.4 is 10.2 Å². The van der Waals surface area contributed by atoms with Crippen molar-refractivity contribution in [2.45, 2.75) is 6.42 Å². The first-order valence-corrected chi connectivity index (χ1v) is 8.44. The lowest BCUT2D eigenvalue weighted by Crippen LogP contribution is -3.05. The molecule has 2 heterocycles. The zero-order valence-electron chi connectivity index (χ0n) is 13.3. The smallest absolute Gasteiger partial charge is 0.261 e. The number of quaternary nitrogens is 1. The van der Waals surface area contributed by atoms with Crippen molar-refractivity contribution in [3.05, 3.63) is 35.2 Å². The summed E-state index contributed by atoms with van der Waals surface area (Å²) < 4.78 is 2.17. The molecule has 0 saturated carbocycles. The first-order chi connectivity index (χ1) is 10.6. The van der Waals surface area contributed by atoms with Crippen molar-refractivity contribution in [1.82, 2.24) is 9.88 Å². The van der Waals surface area contributed by atoms with Crippen molar-refractivity contribution in [3.8, 4) is 0 Å². The monoisotopic (exact) mass is 316 g/mol. The van der Waals surface area contributed by atoms with Gasteiger partial charge in [0.15, 0.2) is 0 Å². The third-order valence-electron chi connectivity index (χ3n) is 3.94. The van der Waals surface area contributed by atoms with Crippen LogP contribution in [0.2, 0.25) is 0 Å². The minimum absolute atomic E-state index is 0.0408. The molecule has 0 spiro atoms. The fourth-order valence-corrected chi connectivity index (χ4v) is 3.83. The molecule has 2 N–H and O–H groups in total. The fourth-order valence-electron chi connectivity index (χ4n) is 2.77. The molecule has 0 aliphatic rings. The molecule has 1 amide bonds. The van der Waals surface area contributed by atoms with Crippen LogP contribution in [0.3, 0.4) is 0 Å². The third kappa shape index (κ3) is 2.74. The number of aromatic nitrogens is 1. The number of carbonyl (C=O) groups is 1. The summed E-state index contributed by atoms with van der Waals surface area (Å²) in [4.78, 5) is 15.6. The minimum atomic E-state index is 0.0408. The van der Waals surface area contributed by atoms with Crippen LogP contribution in [0.5, 0.6) is 0 Å². The second kappa shape index (κ2) is 6.10. The largest absolute Gasteiger partial charge is 0.351 e. The lowest BCUT2D eigenvalue weighted by atomic mass is 10.2. The molecule has 0 radical (unpaired) electrons. The molecule has 0 fully saturated rings. The predicted octanol–water partition coefficient (Wildman–Crippen LogP) is 1.66. The Bertz CT molecular complexity index is 816. The van der Waals surface area contributed by atoms with Crippen LogP contribution in [-0.2, 0) is 7.05 Å². The summed E-state index contributed by atoms with van der Waals surface area (Å²) in [5.74, 6) is 0.0408. The standard InChI is InChI=1S/C17H21N3OS/c1-19(2)10-6-9-18-16(21)15-11-13-12-7-4-5-8-14(12)20(3)17(13)22-15/h4-5,7-8,11H,6,9-10H2,1-3H3,(H,18,21)/p+1. The van der Waals surface area contributed by atoms with E-state index in [9.17, 15) is 4.79 Å². The number of nitrogens with zero attached hydrogens (tertiary/aromatic N) is 1. The number of hydrogen-bond acceptors (Lipinski definition) is 2. The van der Waals surface area contributed by atoms with Gasteiger partial charge in [-0.05, 0) is 12.1 Å². The molecule has 1 aromatic carbocycles. The Morgan fingerprint density at radius 1 is 1.27 bits per heavy atom. The number of fused-ring (bicyclic) bond motifs is 3. The van der Waals surface area contributed by atoms with Crippen molar-refractivity contribution in [3.63, 3.8) is 0 Å². The molecule has 22 heavy (non-hydrogen) atoms. The summed E-state index contributed by atoms with van der Waals surface area (Å²) in [5, 5.41) is 5.41. The normalized spacial score (nSPS) is 11.6. The molecule has 0 aliphatic carbocycles. The summed E-state index contributed by atoms with van der Waals surface area (Å²) in [6, 6.07) is 10.3. The average Bonchev–Trinajstić information content (AvgIpc) is 3.04. The zero-order valence-corrected chi connectivity index (χ0v) is 14.1. The van der Waals surface area contributed by atoms with Crippen LogP contribution in [0.1, 0.15) is 16.1 Å². The molecule has 2 aromatic heterocycles. The van der Waals surface area contributed by atoms with E-state index in [0.29, 0.717) is 0 Å². The Labute approximate surface area is 134 Å². The Kier molecular flexibility index (Phi) is 4.18. The molecule has 0 bridgehead atoms. The van der Waals surface area contributed by atoms with E-state index in [-0.39, 0.29) is 5.91 Å². The maximum absolute atomic E-state index is 12.3. The number of aryl methyl sites for hydroxylation is 1. The van der Waals surface area contributed by atoms with E-state index in [4.69, 9.17) is 0 Å². The Morgan fingerprint density at radius 2 is 2.05 bits per heavy atom. The second-order valence-corrected chi connectivity index (χ2v) is 7.00. The number of benzene rings is 1. The lowest BCUT2D eigenvalue weighted by Gasteiger charge is -2.07. The van der Waals surface area contributed by atoms with Crippen LogP contribution >= 0.6 is 11.3 Å². The van der Waals surface area contributed by atoms with Crippen LogP contribution in [-0.4, -0.2) is 37.7 Å². The fraction of sp³-hybridized carbons (Fsp3) is 0.353. The minimum Gasteiger partial charge on any atom is -0.351 e. The first-order valence-electron chi connectivity index (χ1n) is 7.62. The van der Waals surface area contributed by atoms with Crippen molar-refractivity contribution >= 4 is 38.4 Å². The highest BCUT2D eigenvalue weighted by Crippen LogP contribution is 2.34. The molecule has 4 nitrogen and oxygen atoms in total. The molecule has 0 atom stereocenters. The highest BCUT2D eigenvalue weighted by atomic mass is 32.1. The molecular formula is C17H22N3OS+. The van der Waals surface area contributed by atoms with Crippen molar-refractivity contribution in [1.29, 1.82) is 0 Å². The van der Waals surface area contributed by atoms with E-state index in [2.05, 4.69) is 43.2 Å². The molecule has 0 saturated heterocycles. The van der Waals surface area contributed by atoms with Gasteiger partial charge in [-0.2, -0.15) is 0 Å². The molecule has 0 aliphatic heterocycles. The van der Waals surface area contributed by atoms with Gasteiger partial charge in [0.05, 0.1) is 25.5 Å². The van der Waals surface area contributed by atoms with Crippen molar-refractivity contribution < 1.29 is 9.69 Å². The van der Waals surface area contributed by atoms with E-state index in [1.807, 2.05) is 18.2 Å². The van der Waals surface area contributed by atoms with E-state index in [0.717, 1.165) is 29.2 Å². The molecule has 0 unspecified atom stereocenters. The van der Waals surface area contributed by atoms with E-state index in [1.54, 1.807) is 11.3 Å². The van der Waals surface area contributed by atoms with Crippen molar-refractivity contribution in [2.75, 3.05) is 27.2 Å². The number of nitrogens with one attached hydrogen (secondary N) is 2. The van der Waals surface area contributed by atoms with Gasteiger partial charge in [0, 0.05) is 36.3 Å². The quantitative estimate of drug-likeness (QED) is 0.690. The van der Waals surface area contributed by atoms with E-state index in [1.165, 1.54) is 21.2 Å². The molecular weight excluding hydrogens is 294 g/mol. The Morgan fingerprint density at radius 3 is 2.82 bits per heavy atom. The van der Waals surface area contributed by atoms with Gasteiger partial charge < -0.3 is 14.8 Å². The number of para-hydroxylation sites is 1. The third-order valence-corrected chi connectivity index (χ3v) is 5.15. The van der Waals surface area contributed by atoms with Gasteiger partial charge in [0.1, 0.15) is 4.83 Å². The summed E-state index contributed by atoms with van der Waals surface area (Å²) in [7, 11) is 6.31. The Hall–Kier alpha value is -1.85. The summed E-state index contributed by atoms with van der Waals surface area (Å²) >= 11 is 1.57. The maximum atomic E-state index is 12.3. The summed E-state index contributed by atoms with van der Waals surface area (Å²) in [5.41, 5.74) is 1.21. The van der Waals surface area contributed by atoms with Gasteiger partial charge >= 0.3 is 0 Å². The van der Waals surface area contributed by atoms with Crippen LogP contribution in [0, 0.1) is 0 Å². The Balaban J connectivity index is 1.80. The first kappa shape index (κ1) is 15.1. The number of thiophene rings is 1. The molecule has 3 rings (SSSR count). The number of amides is 1. The van der Waals surface area contributed by atoms with E-state index < -0.39 is 0 Å². The van der Waals surface area contributed by atoms with Gasteiger partial charge in [0.2, 0.25) is 0 Å². The molecule has 116 valence electrons.